The Morgan fingerprint density at radius 1 is 0.568 bits per heavy atom. The third-order valence-electron chi connectivity index (χ3n) is 6.70. The summed E-state index contributed by atoms with van der Waals surface area (Å²) in [6, 6.07) is 27.7. The van der Waals surface area contributed by atoms with E-state index in [0.717, 1.165) is 32.0 Å². The number of para-hydroxylation sites is 2. The van der Waals surface area contributed by atoms with Gasteiger partial charge in [0.15, 0.2) is 0 Å². The molecule has 1 aromatic heterocycles. The number of nitrogens with zero attached hydrogens (tertiary/aromatic N) is 2. The topological polar surface area (TPSA) is 9.86 Å². The van der Waals surface area contributed by atoms with Gasteiger partial charge in [-0.15, -0.1) is 0 Å². The molecular weight excluding hydrogens is 584 g/mol. The van der Waals surface area contributed by atoms with Crippen LogP contribution in [0.15, 0.2) is 78.9 Å². The Kier molecular flexibility index (Phi) is 7.01. The van der Waals surface area contributed by atoms with Crippen LogP contribution in [0.3, 0.4) is 0 Å². The summed E-state index contributed by atoms with van der Waals surface area (Å²) >= 11 is -3.66. The summed E-state index contributed by atoms with van der Waals surface area (Å²) in [5, 5.41) is 0. The van der Waals surface area contributed by atoms with E-state index in [0.29, 0.717) is 0 Å². The molecule has 192 valence electrons. The predicted octanol–water partition coefficient (Wildman–Crippen LogP) is 9.12. The van der Waals surface area contributed by atoms with Crippen LogP contribution in [-0.4, -0.2) is 13.7 Å². The van der Waals surface area contributed by atoms with Gasteiger partial charge in [0.2, 0.25) is 0 Å². The van der Waals surface area contributed by atoms with E-state index < -0.39 is 11.9 Å². The average molecular weight is 617 g/mol. The molecule has 37 heavy (non-hydrogen) atoms. The molecule has 0 aliphatic carbocycles. The fourth-order valence-corrected chi connectivity index (χ4v) is 11.1. The SMILES string of the molecule is Cc1cc(C)c(-n2[c](=[Ru]([Cl])([Cl])=[CH]c3ccccc3)n(-c3c(C)cc(C)cc3C)c3ccccc32)c(C)c1. The van der Waals surface area contributed by atoms with Crippen LogP contribution in [0.2, 0.25) is 0 Å². The molecule has 0 saturated carbocycles. The van der Waals surface area contributed by atoms with Crippen molar-refractivity contribution in [2.24, 2.45) is 0 Å². The first-order valence-electron chi connectivity index (χ1n) is 12.3. The van der Waals surface area contributed by atoms with Crippen molar-refractivity contribution in [3.63, 3.8) is 0 Å². The van der Waals surface area contributed by atoms with Crippen LogP contribution in [0.4, 0.5) is 0 Å². The first kappa shape index (κ1) is 26.0. The van der Waals surface area contributed by atoms with Crippen LogP contribution in [0.5, 0.6) is 0 Å². The zero-order valence-electron chi connectivity index (χ0n) is 22.1. The van der Waals surface area contributed by atoms with Crippen molar-refractivity contribution in [1.29, 1.82) is 0 Å². The molecule has 0 aliphatic rings. The minimum atomic E-state index is -3.66. The van der Waals surface area contributed by atoms with E-state index >= 15 is 0 Å². The van der Waals surface area contributed by atoms with Gasteiger partial charge in [0.25, 0.3) is 0 Å². The van der Waals surface area contributed by atoms with Gasteiger partial charge in [0.05, 0.1) is 0 Å². The monoisotopic (exact) mass is 616 g/mol. The van der Waals surface area contributed by atoms with Crippen molar-refractivity contribution in [3.05, 3.63) is 122 Å². The number of fused-ring (bicyclic) bond motifs is 1. The molecule has 5 heteroatoms. The quantitative estimate of drug-likeness (QED) is 0.179. The Bertz CT molecular complexity index is 1680. The van der Waals surface area contributed by atoms with Crippen molar-refractivity contribution in [2.45, 2.75) is 41.5 Å². The molecule has 0 radical (unpaired) electrons. The summed E-state index contributed by atoms with van der Waals surface area (Å²) in [4.78, 5) is 0. The van der Waals surface area contributed by atoms with Gasteiger partial charge in [-0.3, -0.25) is 0 Å². The van der Waals surface area contributed by atoms with Gasteiger partial charge in [-0.1, -0.05) is 0 Å². The Hall–Kier alpha value is -2.58. The van der Waals surface area contributed by atoms with Crippen LogP contribution < -0.4 is 0 Å². The maximum atomic E-state index is 7.59. The molecule has 0 spiro atoms. The number of aromatic nitrogens is 2. The van der Waals surface area contributed by atoms with Crippen LogP contribution in [-0.2, 0) is 11.9 Å². The summed E-state index contributed by atoms with van der Waals surface area (Å²) in [5.41, 5.74) is 12.8. The summed E-state index contributed by atoms with van der Waals surface area (Å²) < 4.78 is 7.74. The standard InChI is InChI=1S/C25H26N2.C7H6.2ClH.Ru/c1-16-11-18(3)24(19(4)12-16)26-15-27(23-10-8-7-9-22(23)26)25-20(5)13-17(2)14-21(25)6;1-7-5-3-2-4-6-7;;;/h7-14H,1-6H3;1-6H;2*1H;/q;;;;+2/p-2. The number of rotatable bonds is 3. The van der Waals surface area contributed by atoms with Crippen LogP contribution in [0, 0.1) is 45.6 Å². The van der Waals surface area contributed by atoms with Gasteiger partial charge in [-0.05, 0) is 0 Å². The van der Waals surface area contributed by atoms with E-state index in [9.17, 15) is 0 Å². The zero-order valence-corrected chi connectivity index (χ0v) is 25.3. The molecule has 4 aromatic carbocycles. The first-order valence-corrected chi connectivity index (χ1v) is 18.7. The second-order valence-corrected chi connectivity index (χ2v) is 19.1. The molecule has 2 nitrogen and oxygen atoms in total. The third-order valence-corrected chi connectivity index (χ3v) is 12.0. The number of hydrogen-bond acceptors (Lipinski definition) is 0. The van der Waals surface area contributed by atoms with E-state index in [-0.39, 0.29) is 0 Å². The van der Waals surface area contributed by atoms with Crippen molar-refractivity contribution in [1.82, 2.24) is 9.13 Å². The molecule has 5 rings (SSSR count). The van der Waals surface area contributed by atoms with Gasteiger partial charge in [-0.2, -0.15) is 0 Å². The molecule has 1 heterocycles. The number of imidazole rings is 1. The molecule has 0 aliphatic heterocycles. The van der Waals surface area contributed by atoms with E-state index in [1.165, 1.54) is 33.4 Å². The van der Waals surface area contributed by atoms with Gasteiger partial charge >= 0.3 is 231 Å². The Labute approximate surface area is 229 Å². The fraction of sp³-hybridized carbons (Fsp3) is 0.188. The number of halogens is 2. The molecule has 0 bridgehead atoms. The van der Waals surface area contributed by atoms with Crippen LogP contribution in [0.1, 0.15) is 38.9 Å². The van der Waals surface area contributed by atoms with Crippen molar-refractivity contribution in [3.8, 4) is 11.4 Å². The molecule has 0 saturated heterocycles. The van der Waals surface area contributed by atoms with E-state index in [1.807, 2.05) is 18.2 Å². The first-order chi connectivity index (χ1) is 17.6. The average Bonchev–Trinajstić information content (AvgIpc) is 3.14. The molecule has 0 fully saturated rings. The zero-order chi connectivity index (χ0) is 26.5. The second-order valence-electron chi connectivity index (χ2n) is 9.87. The Morgan fingerprint density at radius 2 is 0.946 bits per heavy atom. The number of hydrogen-bond donors (Lipinski definition) is 0. The summed E-state index contributed by atoms with van der Waals surface area (Å²) in [6.45, 7) is 13.0. The normalized spacial score (nSPS) is 12.2. The van der Waals surface area contributed by atoms with Crippen molar-refractivity contribution < 1.29 is 11.9 Å². The molecule has 5 aromatic rings. The van der Waals surface area contributed by atoms with Gasteiger partial charge in [0.1, 0.15) is 0 Å². The fourth-order valence-electron chi connectivity index (χ4n) is 5.53. The number of benzene rings is 4. The van der Waals surface area contributed by atoms with Crippen molar-refractivity contribution >= 4 is 35.0 Å². The van der Waals surface area contributed by atoms with E-state index in [2.05, 4.69) is 116 Å². The summed E-state index contributed by atoms with van der Waals surface area (Å²) in [5.74, 6) is 0. The van der Waals surface area contributed by atoms with Gasteiger partial charge < -0.3 is 0 Å². The van der Waals surface area contributed by atoms with Gasteiger partial charge in [0, 0.05) is 0 Å². The van der Waals surface area contributed by atoms with E-state index in [1.54, 1.807) is 0 Å². The molecule has 0 atom stereocenters. The molecule has 0 amide bonds. The summed E-state index contributed by atoms with van der Waals surface area (Å²) in [7, 11) is 15.2. The van der Waals surface area contributed by atoms with Crippen molar-refractivity contribution in [2.75, 3.05) is 0 Å². The summed E-state index contributed by atoms with van der Waals surface area (Å²) in [6.07, 6.45) is 0. The second kappa shape index (κ2) is 9.95. The molecular formula is C32H32Cl2N2Ru. The van der Waals surface area contributed by atoms with Gasteiger partial charge in [-0.25, -0.2) is 0 Å². The number of aryl methyl sites for hydroxylation is 6. The van der Waals surface area contributed by atoms with Crippen LogP contribution in [0.25, 0.3) is 22.4 Å². The minimum absolute atomic E-state index is 0.953. The molecule has 0 N–H and O–H groups in total. The Balaban J connectivity index is 2.14. The van der Waals surface area contributed by atoms with Crippen LogP contribution >= 0.6 is 19.4 Å². The third kappa shape index (κ3) is 4.74. The maximum absolute atomic E-state index is 7.59. The predicted molar refractivity (Wildman–Crippen MR) is 158 cm³/mol. The Morgan fingerprint density at radius 3 is 1.35 bits per heavy atom. The van der Waals surface area contributed by atoms with E-state index in [4.69, 9.17) is 19.4 Å². The molecule has 0 unspecified atom stereocenters.